The van der Waals surface area contributed by atoms with Crippen molar-refractivity contribution in [1.29, 1.82) is 0 Å². The average Bonchev–Trinajstić information content (AvgIpc) is 3.13. The van der Waals surface area contributed by atoms with E-state index in [1.807, 2.05) is 0 Å². The van der Waals surface area contributed by atoms with Crippen molar-refractivity contribution in [1.82, 2.24) is 15.5 Å². The fourth-order valence-electron chi connectivity index (χ4n) is 2.98. The van der Waals surface area contributed by atoms with E-state index in [4.69, 9.17) is 14.0 Å². The maximum Gasteiger partial charge on any atom is 0.260 e. The summed E-state index contributed by atoms with van der Waals surface area (Å²) in [4.78, 5) is 6.60. The van der Waals surface area contributed by atoms with E-state index in [0.29, 0.717) is 43.7 Å². The van der Waals surface area contributed by atoms with Crippen LogP contribution in [0, 0.1) is 5.82 Å². The minimum absolute atomic E-state index is 0.100. The van der Waals surface area contributed by atoms with Crippen molar-refractivity contribution in [3.8, 4) is 11.5 Å². The molecule has 1 aromatic carbocycles. The SMILES string of the molecule is Fc1ccc(N2CCOCC2)c(-c2nc(C3COCCN3)no2)c1. The van der Waals surface area contributed by atoms with E-state index >= 15 is 0 Å². The van der Waals surface area contributed by atoms with Gasteiger partial charge in [0, 0.05) is 25.3 Å². The van der Waals surface area contributed by atoms with Crippen LogP contribution in [0.1, 0.15) is 11.9 Å². The molecule has 0 amide bonds. The first-order valence-electron chi connectivity index (χ1n) is 8.08. The molecular weight excluding hydrogens is 315 g/mol. The van der Waals surface area contributed by atoms with Crippen LogP contribution in [0.3, 0.4) is 0 Å². The second kappa shape index (κ2) is 6.84. The summed E-state index contributed by atoms with van der Waals surface area (Å²) in [6, 6.07) is 4.54. The lowest BCUT2D eigenvalue weighted by Crippen LogP contribution is -2.36. The van der Waals surface area contributed by atoms with Gasteiger partial charge in [0.25, 0.3) is 5.89 Å². The number of nitrogens with zero attached hydrogens (tertiary/aromatic N) is 3. The topological polar surface area (TPSA) is 72.7 Å². The number of hydrogen-bond acceptors (Lipinski definition) is 7. The fraction of sp³-hybridized carbons (Fsp3) is 0.500. The maximum absolute atomic E-state index is 13.8. The van der Waals surface area contributed by atoms with Gasteiger partial charge in [-0.15, -0.1) is 0 Å². The number of morpholine rings is 2. The van der Waals surface area contributed by atoms with Gasteiger partial charge < -0.3 is 24.2 Å². The Kier molecular flexibility index (Phi) is 4.42. The molecular formula is C16H19FN4O3. The summed E-state index contributed by atoms with van der Waals surface area (Å²) in [6.07, 6.45) is 0. The molecule has 0 saturated carbocycles. The molecule has 0 bridgehead atoms. The minimum Gasteiger partial charge on any atom is -0.378 e. The van der Waals surface area contributed by atoms with Crippen molar-refractivity contribution in [2.75, 3.05) is 51.0 Å². The van der Waals surface area contributed by atoms with Crippen LogP contribution in [-0.2, 0) is 9.47 Å². The highest BCUT2D eigenvalue weighted by Crippen LogP contribution is 2.32. The molecule has 1 aromatic heterocycles. The summed E-state index contributed by atoms with van der Waals surface area (Å²) in [5, 5.41) is 7.32. The Hall–Kier alpha value is -2.03. The quantitative estimate of drug-likeness (QED) is 0.909. The van der Waals surface area contributed by atoms with Gasteiger partial charge in [0.2, 0.25) is 0 Å². The zero-order valence-corrected chi connectivity index (χ0v) is 13.2. The predicted molar refractivity (Wildman–Crippen MR) is 84.3 cm³/mol. The van der Waals surface area contributed by atoms with E-state index < -0.39 is 0 Å². The highest BCUT2D eigenvalue weighted by molar-refractivity contribution is 5.73. The zero-order valence-electron chi connectivity index (χ0n) is 13.2. The predicted octanol–water partition coefficient (Wildman–Crippen LogP) is 1.37. The molecule has 7 nitrogen and oxygen atoms in total. The molecule has 2 aliphatic heterocycles. The average molecular weight is 334 g/mol. The molecule has 24 heavy (non-hydrogen) atoms. The van der Waals surface area contributed by atoms with E-state index in [1.54, 1.807) is 6.07 Å². The van der Waals surface area contributed by atoms with Crippen molar-refractivity contribution in [3.05, 3.63) is 29.8 Å². The monoisotopic (exact) mass is 334 g/mol. The van der Waals surface area contributed by atoms with Crippen molar-refractivity contribution in [2.24, 2.45) is 0 Å². The summed E-state index contributed by atoms with van der Waals surface area (Å²) >= 11 is 0. The number of hydrogen-bond donors (Lipinski definition) is 1. The number of ether oxygens (including phenoxy) is 2. The number of nitrogens with one attached hydrogen (secondary N) is 1. The van der Waals surface area contributed by atoms with Crippen LogP contribution in [0.15, 0.2) is 22.7 Å². The summed E-state index contributed by atoms with van der Waals surface area (Å²) in [7, 11) is 0. The molecule has 2 aromatic rings. The largest absolute Gasteiger partial charge is 0.378 e. The summed E-state index contributed by atoms with van der Waals surface area (Å²) in [6.45, 7) is 4.71. The molecule has 3 heterocycles. The van der Waals surface area contributed by atoms with E-state index in [-0.39, 0.29) is 11.9 Å². The Balaban J connectivity index is 1.65. The van der Waals surface area contributed by atoms with Gasteiger partial charge in [-0.2, -0.15) is 4.98 Å². The summed E-state index contributed by atoms with van der Waals surface area (Å²) in [5.74, 6) is 0.515. The van der Waals surface area contributed by atoms with Crippen LogP contribution in [0.5, 0.6) is 0 Å². The van der Waals surface area contributed by atoms with Crippen molar-refractivity contribution in [2.45, 2.75) is 6.04 Å². The van der Waals surface area contributed by atoms with Crippen LogP contribution in [0.2, 0.25) is 0 Å². The Morgan fingerprint density at radius 3 is 2.83 bits per heavy atom. The fourth-order valence-corrected chi connectivity index (χ4v) is 2.98. The number of halogens is 1. The van der Waals surface area contributed by atoms with Gasteiger partial charge in [-0.05, 0) is 18.2 Å². The normalized spacial score (nSPS) is 21.9. The first-order valence-corrected chi connectivity index (χ1v) is 8.08. The van der Waals surface area contributed by atoms with Crippen LogP contribution >= 0.6 is 0 Å². The van der Waals surface area contributed by atoms with Gasteiger partial charge >= 0.3 is 0 Å². The van der Waals surface area contributed by atoms with Gasteiger partial charge in [0.15, 0.2) is 5.82 Å². The standard InChI is InChI=1S/C16H19FN4O3/c17-11-1-2-14(21-4-7-22-8-5-21)12(9-11)16-19-15(20-24-16)13-10-23-6-3-18-13/h1-2,9,13,18H,3-8,10H2. The smallest absolute Gasteiger partial charge is 0.260 e. The second-order valence-electron chi connectivity index (χ2n) is 5.80. The van der Waals surface area contributed by atoms with Gasteiger partial charge in [0.1, 0.15) is 5.82 Å². The second-order valence-corrected chi connectivity index (χ2v) is 5.80. The Morgan fingerprint density at radius 1 is 1.17 bits per heavy atom. The van der Waals surface area contributed by atoms with Crippen molar-refractivity contribution < 1.29 is 18.4 Å². The molecule has 1 atom stereocenters. The first kappa shape index (κ1) is 15.5. The number of rotatable bonds is 3. The highest BCUT2D eigenvalue weighted by Gasteiger charge is 2.24. The number of aromatic nitrogens is 2. The third kappa shape index (κ3) is 3.12. The lowest BCUT2D eigenvalue weighted by Gasteiger charge is -2.30. The van der Waals surface area contributed by atoms with Crippen LogP contribution in [-0.4, -0.2) is 56.2 Å². The van der Waals surface area contributed by atoms with Gasteiger partial charge in [-0.25, -0.2) is 4.39 Å². The van der Waals surface area contributed by atoms with Gasteiger partial charge in [-0.1, -0.05) is 5.16 Å². The molecule has 2 aliphatic rings. The van der Waals surface area contributed by atoms with Gasteiger partial charge in [-0.3, -0.25) is 0 Å². The van der Waals surface area contributed by atoms with Crippen molar-refractivity contribution >= 4 is 5.69 Å². The van der Waals surface area contributed by atoms with Crippen molar-refractivity contribution in [3.63, 3.8) is 0 Å². The molecule has 8 heteroatoms. The van der Waals surface area contributed by atoms with Crippen LogP contribution in [0.25, 0.3) is 11.5 Å². The van der Waals surface area contributed by atoms with Crippen LogP contribution in [0.4, 0.5) is 10.1 Å². The van der Waals surface area contributed by atoms with E-state index in [1.165, 1.54) is 12.1 Å². The molecule has 0 radical (unpaired) electrons. The molecule has 128 valence electrons. The molecule has 2 saturated heterocycles. The molecule has 0 spiro atoms. The first-order chi connectivity index (χ1) is 11.8. The lowest BCUT2D eigenvalue weighted by atomic mass is 10.1. The minimum atomic E-state index is -0.333. The third-order valence-corrected chi connectivity index (χ3v) is 4.22. The van der Waals surface area contributed by atoms with Crippen LogP contribution < -0.4 is 10.2 Å². The van der Waals surface area contributed by atoms with E-state index in [0.717, 1.165) is 25.3 Å². The summed E-state index contributed by atoms with van der Waals surface area (Å²) in [5.41, 5.74) is 1.48. The van der Waals surface area contributed by atoms with Gasteiger partial charge in [0.05, 0.1) is 38.0 Å². The van der Waals surface area contributed by atoms with E-state index in [2.05, 4.69) is 20.4 Å². The summed E-state index contributed by atoms with van der Waals surface area (Å²) < 4.78 is 30.0. The molecule has 2 fully saturated rings. The molecule has 1 N–H and O–H groups in total. The highest BCUT2D eigenvalue weighted by atomic mass is 19.1. The Morgan fingerprint density at radius 2 is 2.04 bits per heavy atom. The number of anilines is 1. The third-order valence-electron chi connectivity index (χ3n) is 4.22. The molecule has 0 aliphatic carbocycles. The molecule has 4 rings (SSSR count). The maximum atomic E-state index is 13.8. The Bertz CT molecular complexity index is 696. The lowest BCUT2D eigenvalue weighted by molar-refractivity contribution is 0.0734. The zero-order chi connectivity index (χ0) is 16.4. The number of benzene rings is 1. The molecule has 1 unspecified atom stereocenters. The van der Waals surface area contributed by atoms with E-state index in [9.17, 15) is 4.39 Å². The Labute approximate surface area is 138 Å².